The first-order chi connectivity index (χ1) is 11.9. The lowest BCUT2D eigenvalue weighted by atomic mass is 10.1. The van der Waals surface area contributed by atoms with Gasteiger partial charge in [0.25, 0.3) is 5.91 Å². The molecule has 0 saturated heterocycles. The normalized spacial score (nSPS) is 13.4. The molecule has 0 aromatic heterocycles. The van der Waals surface area contributed by atoms with Gasteiger partial charge in [0.05, 0.1) is 0 Å². The summed E-state index contributed by atoms with van der Waals surface area (Å²) in [5, 5.41) is 2.89. The maximum Gasteiger partial charge on any atom is 0.256 e. The van der Waals surface area contributed by atoms with Crippen molar-refractivity contribution in [3.05, 3.63) is 59.2 Å². The predicted molar refractivity (Wildman–Crippen MR) is 99.2 cm³/mol. The van der Waals surface area contributed by atoms with E-state index in [1.165, 1.54) is 0 Å². The van der Waals surface area contributed by atoms with Crippen molar-refractivity contribution >= 4 is 23.2 Å². The Kier molecular flexibility index (Phi) is 4.74. The van der Waals surface area contributed by atoms with Gasteiger partial charge in [-0.05, 0) is 55.2 Å². The Labute approximate surface area is 147 Å². The van der Waals surface area contributed by atoms with Crippen LogP contribution in [-0.2, 0) is 11.3 Å². The fraction of sp³-hybridized carbons (Fsp3) is 0.300. The monoisotopic (exact) mass is 337 g/mol. The van der Waals surface area contributed by atoms with Crippen LogP contribution in [0.3, 0.4) is 0 Å². The zero-order chi connectivity index (χ0) is 18.0. The van der Waals surface area contributed by atoms with Crippen molar-refractivity contribution < 1.29 is 9.59 Å². The molecule has 0 radical (unpaired) electrons. The number of nitrogens with two attached hydrogens (primary N) is 1. The molecular weight excluding hydrogens is 314 g/mol. The molecule has 2 amide bonds. The van der Waals surface area contributed by atoms with Gasteiger partial charge in [0.2, 0.25) is 5.91 Å². The third kappa shape index (κ3) is 4.18. The first-order valence-corrected chi connectivity index (χ1v) is 8.47. The number of nitrogens with one attached hydrogen (secondary N) is 1. The number of rotatable bonds is 5. The van der Waals surface area contributed by atoms with E-state index in [0.29, 0.717) is 23.8 Å². The number of hydrogen-bond acceptors (Lipinski definition) is 3. The van der Waals surface area contributed by atoms with E-state index in [1.807, 2.05) is 42.2 Å². The quantitative estimate of drug-likeness (QED) is 0.822. The number of hydrogen-bond donors (Lipinski definition) is 2. The summed E-state index contributed by atoms with van der Waals surface area (Å²) in [5.74, 6) is -0.0714. The summed E-state index contributed by atoms with van der Waals surface area (Å²) in [6.07, 6.45) is 2.18. The first-order valence-electron chi connectivity index (χ1n) is 8.47. The first kappa shape index (κ1) is 17.0. The molecule has 1 saturated carbocycles. The van der Waals surface area contributed by atoms with Crippen molar-refractivity contribution in [3.8, 4) is 0 Å². The molecule has 0 heterocycles. The number of nitrogens with zero attached hydrogens (tertiary/aromatic N) is 1. The van der Waals surface area contributed by atoms with E-state index in [4.69, 9.17) is 5.73 Å². The Balaban J connectivity index is 1.67. The fourth-order valence-electron chi connectivity index (χ4n) is 2.86. The summed E-state index contributed by atoms with van der Waals surface area (Å²) in [7, 11) is 0. The Morgan fingerprint density at radius 2 is 1.84 bits per heavy atom. The third-order valence-electron chi connectivity index (χ3n) is 4.46. The molecule has 0 bridgehead atoms. The van der Waals surface area contributed by atoms with E-state index in [-0.39, 0.29) is 11.8 Å². The van der Waals surface area contributed by atoms with Crippen LogP contribution in [0.5, 0.6) is 0 Å². The number of carbonyl (C=O) groups is 2. The van der Waals surface area contributed by atoms with Crippen LogP contribution in [0.4, 0.5) is 11.4 Å². The van der Waals surface area contributed by atoms with Gasteiger partial charge in [-0.3, -0.25) is 9.59 Å². The molecule has 1 fully saturated rings. The van der Waals surface area contributed by atoms with Crippen LogP contribution in [0.25, 0.3) is 0 Å². The van der Waals surface area contributed by atoms with Gasteiger partial charge in [-0.2, -0.15) is 0 Å². The number of benzene rings is 2. The van der Waals surface area contributed by atoms with Gasteiger partial charge in [0.1, 0.15) is 0 Å². The summed E-state index contributed by atoms with van der Waals surface area (Å²) < 4.78 is 0. The molecule has 2 aromatic carbocycles. The molecule has 1 aliphatic rings. The van der Waals surface area contributed by atoms with Crippen LogP contribution >= 0.6 is 0 Å². The predicted octanol–water partition coefficient (Wildman–Crippen LogP) is 3.34. The molecule has 0 aliphatic heterocycles. The average molecular weight is 337 g/mol. The van der Waals surface area contributed by atoms with Gasteiger partial charge in [-0.1, -0.05) is 18.2 Å². The maximum absolute atomic E-state index is 12.4. The van der Waals surface area contributed by atoms with Crippen LogP contribution in [0, 0.1) is 6.92 Å². The van der Waals surface area contributed by atoms with E-state index >= 15 is 0 Å². The molecule has 2 aromatic rings. The lowest BCUT2D eigenvalue weighted by Gasteiger charge is -2.20. The topological polar surface area (TPSA) is 75.4 Å². The lowest BCUT2D eigenvalue weighted by molar-refractivity contribution is -0.130. The van der Waals surface area contributed by atoms with E-state index in [0.717, 1.165) is 29.7 Å². The minimum atomic E-state index is -0.180. The van der Waals surface area contributed by atoms with Crippen molar-refractivity contribution in [2.75, 3.05) is 11.1 Å². The standard InChI is InChI=1S/C20H23N3O2/c1-13-3-6-16(21)11-19(13)20(25)22-17-7-4-15(5-8-17)12-23(14(2)24)18-9-10-18/h3-8,11,18H,9-10,12,21H2,1-2H3,(H,22,25). The SMILES string of the molecule is CC(=O)N(Cc1ccc(NC(=O)c2cc(N)ccc2C)cc1)C1CC1. The second-order valence-electron chi connectivity index (χ2n) is 6.60. The molecule has 25 heavy (non-hydrogen) atoms. The molecule has 0 spiro atoms. The van der Waals surface area contributed by atoms with Crippen molar-refractivity contribution in [3.63, 3.8) is 0 Å². The number of nitrogen functional groups attached to an aromatic ring is 1. The van der Waals surface area contributed by atoms with Crippen molar-refractivity contribution in [2.24, 2.45) is 0 Å². The Morgan fingerprint density at radius 1 is 1.16 bits per heavy atom. The van der Waals surface area contributed by atoms with Crippen molar-refractivity contribution in [2.45, 2.75) is 39.3 Å². The second-order valence-corrected chi connectivity index (χ2v) is 6.60. The molecular formula is C20H23N3O2. The maximum atomic E-state index is 12.4. The molecule has 5 heteroatoms. The second kappa shape index (κ2) is 6.97. The Hall–Kier alpha value is -2.82. The molecule has 0 atom stereocenters. The van der Waals surface area contributed by atoms with Gasteiger partial charge in [-0.15, -0.1) is 0 Å². The third-order valence-corrected chi connectivity index (χ3v) is 4.46. The van der Waals surface area contributed by atoms with E-state index in [2.05, 4.69) is 5.32 Å². The molecule has 5 nitrogen and oxygen atoms in total. The van der Waals surface area contributed by atoms with Crippen LogP contribution in [-0.4, -0.2) is 22.8 Å². The summed E-state index contributed by atoms with van der Waals surface area (Å²) in [6, 6.07) is 13.3. The largest absolute Gasteiger partial charge is 0.399 e. The van der Waals surface area contributed by atoms with E-state index in [1.54, 1.807) is 19.1 Å². The van der Waals surface area contributed by atoms with Crippen LogP contribution < -0.4 is 11.1 Å². The lowest BCUT2D eigenvalue weighted by Crippen LogP contribution is -2.30. The van der Waals surface area contributed by atoms with Gasteiger partial charge >= 0.3 is 0 Å². The van der Waals surface area contributed by atoms with Gasteiger partial charge in [0.15, 0.2) is 0 Å². The average Bonchev–Trinajstić information content (AvgIpc) is 3.40. The van der Waals surface area contributed by atoms with Crippen molar-refractivity contribution in [1.82, 2.24) is 4.90 Å². The molecule has 0 unspecified atom stereocenters. The number of amides is 2. The minimum Gasteiger partial charge on any atom is -0.399 e. The fourth-order valence-corrected chi connectivity index (χ4v) is 2.86. The van der Waals surface area contributed by atoms with Crippen LogP contribution in [0.2, 0.25) is 0 Å². The van der Waals surface area contributed by atoms with E-state index < -0.39 is 0 Å². The summed E-state index contributed by atoms with van der Waals surface area (Å²) >= 11 is 0. The highest BCUT2D eigenvalue weighted by molar-refractivity contribution is 6.05. The van der Waals surface area contributed by atoms with E-state index in [9.17, 15) is 9.59 Å². The summed E-state index contributed by atoms with van der Waals surface area (Å²) in [6.45, 7) is 4.11. The Morgan fingerprint density at radius 3 is 2.44 bits per heavy atom. The Bertz CT molecular complexity index is 795. The van der Waals surface area contributed by atoms with Gasteiger partial charge < -0.3 is 16.0 Å². The zero-order valence-corrected chi connectivity index (χ0v) is 14.6. The smallest absolute Gasteiger partial charge is 0.256 e. The van der Waals surface area contributed by atoms with Crippen molar-refractivity contribution in [1.29, 1.82) is 0 Å². The number of anilines is 2. The number of aryl methyl sites for hydroxylation is 1. The molecule has 1 aliphatic carbocycles. The molecule has 3 N–H and O–H groups in total. The minimum absolute atomic E-state index is 0.108. The molecule has 130 valence electrons. The van der Waals surface area contributed by atoms with Gasteiger partial charge in [-0.25, -0.2) is 0 Å². The highest BCUT2D eigenvalue weighted by Gasteiger charge is 2.30. The number of carbonyl (C=O) groups excluding carboxylic acids is 2. The van der Waals surface area contributed by atoms with Gasteiger partial charge in [0, 0.05) is 36.4 Å². The van der Waals surface area contributed by atoms with Crippen LogP contribution in [0.1, 0.15) is 41.3 Å². The van der Waals surface area contributed by atoms with Crippen LogP contribution in [0.15, 0.2) is 42.5 Å². The summed E-state index contributed by atoms with van der Waals surface area (Å²) in [4.78, 5) is 26.0. The summed E-state index contributed by atoms with van der Waals surface area (Å²) in [5.41, 5.74) is 9.56. The molecule has 3 rings (SSSR count). The highest BCUT2D eigenvalue weighted by Crippen LogP contribution is 2.28. The zero-order valence-electron chi connectivity index (χ0n) is 14.6. The highest BCUT2D eigenvalue weighted by atomic mass is 16.2.